The van der Waals surface area contributed by atoms with Crippen LogP contribution in [0.25, 0.3) is 0 Å². The number of aromatic nitrogens is 1. The zero-order valence-electron chi connectivity index (χ0n) is 6.44. The summed E-state index contributed by atoms with van der Waals surface area (Å²) in [7, 11) is 0. The number of aryl methyl sites for hydroxylation is 1. The van der Waals surface area contributed by atoms with E-state index in [1.165, 1.54) is 17.4 Å². The van der Waals surface area contributed by atoms with E-state index < -0.39 is 0 Å². The van der Waals surface area contributed by atoms with Crippen molar-refractivity contribution in [3.05, 3.63) is 28.2 Å². The van der Waals surface area contributed by atoms with Crippen LogP contribution in [0.1, 0.15) is 15.5 Å². The SMILES string of the molecule is Cc1nc(C(=O)/C=C/C#N)cs1. The molecule has 0 amide bonds. The maximum Gasteiger partial charge on any atom is 0.205 e. The molecule has 0 saturated heterocycles. The minimum atomic E-state index is -0.221. The number of carbonyl (C=O) groups is 1. The van der Waals surface area contributed by atoms with E-state index in [1.54, 1.807) is 11.4 Å². The highest BCUT2D eigenvalue weighted by Gasteiger charge is 2.04. The number of thiazole rings is 1. The second-order valence-electron chi connectivity index (χ2n) is 2.08. The maximum atomic E-state index is 11.1. The van der Waals surface area contributed by atoms with Gasteiger partial charge in [-0.3, -0.25) is 4.79 Å². The lowest BCUT2D eigenvalue weighted by Gasteiger charge is -1.83. The van der Waals surface area contributed by atoms with Gasteiger partial charge < -0.3 is 0 Å². The molecule has 4 heteroatoms. The first-order valence-electron chi connectivity index (χ1n) is 3.26. The molecule has 1 heterocycles. The first-order chi connectivity index (χ1) is 5.74. The standard InChI is InChI=1S/C8H6N2OS/c1-6-10-7(5-12-6)8(11)3-2-4-9/h2-3,5H,1H3/b3-2+. The maximum absolute atomic E-state index is 11.1. The quantitative estimate of drug-likeness (QED) is 0.393. The van der Waals surface area contributed by atoms with Gasteiger partial charge >= 0.3 is 0 Å². The number of nitriles is 1. The molecule has 3 nitrogen and oxygen atoms in total. The number of hydrogen-bond acceptors (Lipinski definition) is 4. The highest BCUT2D eigenvalue weighted by Crippen LogP contribution is 2.08. The summed E-state index contributed by atoms with van der Waals surface area (Å²) in [5.41, 5.74) is 0.406. The van der Waals surface area contributed by atoms with Gasteiger partial charge in [-0.15, -0.1) is 11.3 Å². The van der Waals surface area contributed by atoms with Gasteiger partial charge in [-0.25, -0.2) is 4.98 Å². The summed E-state index contributed by atoms with van der Waals surface area (Å²) in [5, 5.41) is 10.7. The second kappa shape index (κ2) is 3.79. The Morgan fingerprint density at radius 3 is 3.08 bits per heavy atom. The summed E-state index contributed by atoms with van der Waals surface area (Å²) in [6.45, 7) is 1.83. The molecule has 0 unspecified atom stereocenters. The third-order valence-corrected chi connectivity index (χ3v) is 1.95. The van der Waals surface area contributed by atoms with Gasteiger partial charge in [0, 0.05) is 11.5 Å². The molecule has 0 aliphatic carbocycles. The highest BCUT2D eigenvalue weighted by molar-refractivity contribution is 7.09. The van der Waals surface area contributed by atoms with Gasteiger partial charge in [0.1, 0.15) is 5.69 Å². The van der Waals surface area contributed by atoms with Gasteiger partial charge in [0.15, 0.2) is 0 Å². The lowest BCUT2D eigenvalue weighted by atomic mass is 10.3. The fourth-order valence-corrected chi connectivity index (χ4v) is 1.28. The van der Waals surface area contributed by atoms with Gasteiger partial charge in [-0.05, 0) is 13.0 Å². The summed E-state index contributed by atoms with van der Waals surface area (Å²) in [4.78, 5) is 15.1. The third-order valence-electron chi connectivity index (χ3n) is 1.18. The van der Waals surface area contributed by atoms with Crippen LogP contribution in [0.5, 0.6) is 0 Å². The molecule has 60 valence electrons. The molecule has 0 aromatic carbocycles. The minimum absolute atomic E-state index is 0.221. The Hall–Kier alpha value is -1.47. The van der Waals surface area contributed by atoms with Gasteiger partial charge in [-0.2, -0.15) is 5.26 Å². The van der Waals surface area contributed by atoms with Crippen LogP contribution in [-0.2, 0) is 0 Å². The normalized spacial score (nSPS) is 10.0. The lowest BCUT2D eigenvalue weighted by Crippen LogP contribution is -1.93. The minimum Gasteiger partial charge on any atom is -0.287 e. The largest absolute Gasteiger partial charge is 0.287 e. The van der Waals surface area contributed by atoms with Gasteiger partial charge in [0.05, 0.1) is 11.1 Å². The van der Waals surface area contributed by atoms with Gasteiger partial charge in [0.2, 0.25) is 5.78 Å². The fourth-order valence-electron chi connectivity index (χ4n) is 0.675. The predicted octanol–water partition coefficient (Wildman–Crippen LogP) is 1.71. The average Bonchev–Trinajstić information content (AvgIpc) is 2.47. The van der Waals surface area contributed by atoms with E-state index in [9.17, 15) is 4.79 Å². The molecule has 0 radical (unpaired) electrons. The summed E-state index contributed by atoms with van der Waals surface area (Å²) >= 11 is 1.42. The van der Waals surface area contributed by atoms with E-state index >= 15 is 0 Å². The van der Waals surface area contributed by atoms with Crippen molar-refractivity contribution in [3.63, 3.8) is 0 Å². The molecule has 0 fully saturated rings. The van der Waals surface area contributed by atoms with Crippen LogP contribution >= 0.6 is 11.3 Å². The molecule has 0 atom stereocenters. The molecule has 0 saturated carbocycles. The molecule has 1 aromatic rings. The van der Waals surface area contributed by atoms with Crippen molar-refractivity contribution in [2.24, 2.45) is 0 Å². The zero-order chi connectivity index (χ0) is 8.97. The summed E-state index contributed by atoms with van der Waals surface area (Å²) < 4.78 is 0. The smallest absolute Gasteiger partial charge is 0.205 e. The Morgan fingerprint density at radius 1 is 1.83 bits per heavy atom. The molecule has 0 aliphatic heterocycles. The Labute approximate surface area is 74.0 Å². The van der Waals surface area contributed by atoms with E-state index in [0.717, 1.165) is 11.1 Å². The number of carbonyl (C=O) groups excluding carboxylic acids is 1. The van der Waals surface area contributed by atoms with Crippen molar-refractivity contribution >= 4 is 17.1 Å². The van der Waals surface area contributed by atoms with Crippen molar-refractivity contribution in [2.75, 3.05) is 0 Å². The molecule has 0 aliphatic rings. The van der Waals surface area contributed by atoms with Crippen molar-refractivity contribution in [1.82, 2.24) is 4.98 Å². The fraction of sp³-hybridized carbons (Fsp3) is 0.125. The van der Waals surface area contributed by atoms with Crippen LogP contribution < -0.4 is 0 Å². The molecule has 1 rings (SSSR count). The van der Waals surface area contributed by atoms with Gasteiger partial charge in [0.25, 0.3) is 0 Å². The number of allylic oxidation sites excluding steroid dienone is 2. The van der Waals surface area contributed by atoms with E-state index in [-0.39, 0.29) is 5.78 Å². The molecule has 0 spiro atoms. The van der Waals surface area contributed by atoms with Crippen molar-refractivity contribution in [3.8, 4) is 6.07 Å². The zero-order valence-corrected chi connectivity index (χ0v) is 7.26. The number of nitrogens with zero attached hydrogens (tertiary/aromatic N) is 2. The van der Waals surface area contributed by atoms with Gasteiger partial charge in [-0.1, -0.05) is 0 Å². The van der Waals surface area contributed by atoms with E-state index in [4.69, 9.17) is 5.26 Å². The Morgan fingerprint density at radius 2 is 2.58 bits per heavy atom. The van der Waals surface area contributed by atoms with Crippen molar-refractivity contribution in [1.29, 1.82) is 5.26 Å². The number of rotatable bonds is 2. The Kier molecular flexibility index (Phi) is 2.72. The van der Waals surface area contributed by atoms with Crippen LogP contribution in [-0.4, -0.2) is 10.8 Å². The topological polar surface area (TPSA) is 53.8 Å². The van der Waals surface area contributed by atoms with Crippen LogP contribution in [0, 0.1) is 18.3 Å². The molecule has 0 N–H and O–H groups in total. The molecular weight excluding hydrogens is 172 g/mol. The van der Waals surface area contributed by atoms with E-state index in [0.29, 0.717) is 5.69 Å². The Bertz CT molecular complexity index is 359. The van der Waals surface area contributed by atoms with Crippen LogP contribution in [0.3, 0.4) is 0 Å². The summed E-state index contributed by atoms with van der Waals surface area (Å²) in [6, 6.07) is 1.75. The van der Waals surface area contributed by atoms with Crippen molar-refractivity contribution in [2.45, 2.75) is 6.92 Å². The number of hydrogen-bond donors (Lipinski definition) is 0. The molecule has 1 aromatic heterocycles. The van der Waals surface area contributed by atoms with Crippen LogP contribution in [0.4, 0.5) is 0 Å². The number of ketones is 1. The Balaban J connectivity index is 2.80. The third kappa shape index (κ3) is 2.01. The molecule has 0 bridgehead atoms. The van der Waals surface area contributed by atoms with E-state index in [2.05, 4.69) is 4.98 Å². The molecular formula is C8H6N2OS. The van der Waals surface area contributed by atoms with Crippen molar-refractivity contribution < 1.29 is 4.79 Å². The predicted molar refractivity (Wildman–Crippen MR) is 45.9 cm³/mol. The first kappa shape index (κ1) is 8.62. The molecule has 12 heavy (non-hydrogen) atoms. The highest BCUT2D eigenvalue weighted by atomic mass is 32.1. The monoisotopic (exact) mass is 178 g/mol. The van der Waals surface area contributed by atoms with E-state index in [1.807, 2.05) is 6.92 Å². The summed E-state index contributed by atoms with van der Waals surface area (Å²) in [6.07, 6.45) is 2.37. The average molecular weight is 178 g/mol. The van der Waals surface area contributed by atoms with Crippen LogP contribution in [0.2, 0.25) is 0 Å². The van der Waals surface area contributed by atoms with Crippen LogP contribution in [0.15, 0.2) is 17.5 Å². The second-order valence-corrected chi connectivity index (χ2v) is 3.14. The first-order valence-corrected chi connectivity index (χ1v) is 4.14. The summed E-state index contributed by atoms with van der Waals surface area (Å²) in [5.74, 6) is -0.221. The lowest BCUT2D eigenvalue weighted by molar-refractivity contribution is 0.104.